The van der Waals surface area contributed by atoms with Crippen molar-refractivity contribution in [2.75, 3.05) is 0 Å². The number of benzene rings is 3. The summed E-state index contributed by atoms with van der Waals surface area (Å²) in [6, 6.07) is 20.6. The lowest BCUT2D eigenvalue weighted by Crippen LogP contribution is -1.83. The fourth-order valence-electron chi connectivity index (χ4n) is 3.19. The molecule has 0 saturated heterocycles. The first kappa shape index (κ1) is 13.5. The average molecular weight is 331 g/mol. The number of fused-ring (bicyclic) bond motifs is 5. The van der Waals surface area contributed by atoms with Crippen LogP contribution < -0.4 is 0 Å². The Morgan fingerprint density at radius 3 is 2.58 bits per heavy atom. The molecule has 24 heavy (non-hydrogen) atoms. The van der Waals surface area contributed by atoms with E-state index in [1.165, 1.54) is 6.20 Å². The third-order valence-electron chi connectivity index (χ3n) is 4.23. The SMILES string of the molecule is Clc1cnc2oc3c(-c4ccccc4)cc4ccccc4c3c2n1. The Morgan fingerprint density at radius 1 is 0.917 bits per heavy atom. The molecule has 0 spiro atoms. The summed E-state index contributed by atoms with van der Waals surface area (Å²) in [5.41, 5.74) is 4.12. The van der Waals surface area contributed by atoms with E-state index in [4.69, 9.17) is 16.0 Å². The molecule has 0 aliphatic heterocycles. The van der Waals surface area contributed by atoms with Gasteiger partial charge in [-0.1, -0.05) is 66.2 Å². The average Bonchev–Trinajstić information content (AvgIpc) is 3.01. The molecule has 0 fully saturated rings. The number of hydrogen-bond acceptors (Lipinski definition) is 3. The first-order chi connectivity index (χ1) is 11.8. The van der Waals surface area contributed by atoms with Crippen LogP contribution >= 0.6 is 11.6 Å². The number of aromatic nitrogens is 2. The Balaban J connectivity index is 2.05. The first-order valence-electron chi connectivity index (χ1n) is 7.63. The van der Waals surface area contributed by atoms with Crippen LogP contribution in [0.3, 0.4) is 0 Å². The van der Waals surface area contributed by atoms with Gasteiger partial charge in [0.1, 0.15) is 16.3 Å². The summed E-state index contributed by atoms with van der Waals surface area (Å²) in [5, 5.41) is 3.53. The summed E-state index contributed by atoms with van der Waals surface area (Å²) in [7, 11) is 0. The molecule has 114 valence electrons. The molecule has 3 nitrogen and oxygen atoms in total. The van der Waals surface area contributed by atoms with Crippen LogP contribution in [0, 0.1) is 0 Å². The summed E-state index contributed by atoms with van der Waals surface area (Å²) in [5.74, 6) is 0. The second-order valence-corrected chi connectivity index (χ2v) is 6.05. The Labute approximate surface area is 142 Å². The van der Waals surface area contributed by atoms with Gasteiger partial charge >= 0.3 is 0 Å². The van der Waals surface area contributed by atoms with Crippen LogP contribution in [0.2, 0.25) is 5.15 Å². The Bertz CT molecular complexity index is 1210. The number of hydrogen-bond donors (Lipinski definition) is 0. The molecule has 4 heteroatoms. The van der Waals surface area contributed by atoms with E-state index in [0.717, 1.165) is 32.9 Å². The van der Waals surface area contributed by atoms with Crippen molar-refractivity contribution in [3.05, 3.63) is 72.0 Å². The van der Waals surface area contributed by atoms with Crippen molar-refractivity contribution < 1.29 is 4.42 Å². The van der Waals surface area contributed by atoms with Gasteiger partial charge in [-0.25, -0.2) is 9.97 Å². The van der Waals surface area contributed by atoms with Crippen LogP contribution in [0.15, 0.2) is 71.3 Å². The minimum absolute atomic E-state index is 0.361. The number of rotatable bonds is 1. The maximum Gasteiger partial charge on any atom is 0.246 e. The smallest absolute Gasteiger partial charge is 0.246 e. The normalized spacial score (nSPS) is 11.5. The molecule has 3 aromatic carbocycles. The molecule has 0 aliphatic carbocycles. The Kier molecular flexibility index (Phi) is 2.84. The standard InChI is InChI=1S/C20H11ClN2O/c21-16-11-22-20-18(23-16)17-14-9-5-4-8-13(14)10-15(19(17)24-20)12-6-2-1-3-7-12/h1-11H. The maximum atomic E-state index is 6.07. The molecule has 0 unspecified atom stereocenters. The van der Waals surface area contributed by atoms with Crippen molar-refractivity contribution >= 4 is 44.6 Å². The predicted molar refractivity (Wildman–Crippen MR) is 97.3 cm³/mol. The van der Waals surface area contributed by atoms with Crippen molar-refractivity contribution in [2.45, 2.75) is 0 Å². The maximum absolute atomic E-state index is 6.07. The molecule has 0 amide bonds. The summed E-state index contributed by atoms with van der Waals surface area (Å²) < 4.78 is 6.07. The molecule has 0 radical (unpaired) electrons. The molecule has 0 aliphatic rings. The van der Waals surface area contributed by atoms with Gasteiger partial charge in [0.05, 0.1) is 11.6 Å². The zero-order chi connectivity index (χ0) is 16.1. The van der Waals surface area contributed by atoms with Crippen LogP contribution in [0.5, 0.6) is 0 Å². The van der Waals surface area contributed by atoms with Gasteiger partial charge in [-0.3, -0.25) is 0 Å². The summed E-state index contributed by atoms with van der Waals surface area (Å²) in [6.07, 6.45) is 1.51. The van der Waals surface area contributed by atoms with E-state index in [1.54, 1.807) is 0 Å². The fourth-order valence-corrected chi connectivity index (χ4v) is 3.33. The summed E-state index contributed by atoms with van der Waals surface area (Å²) >= 11 is 6.07. The van der Waals surface area contributed by atoms with Gasteiger partial charge in [-0.05, 0) is 22.4 Å². The molecular formula is C20H11ClN2O. The summed E-state index contributed by atoms with van der Waals surface area (Å²) in [6.45, 7) is 0. The topological polar surface area (TPSA) is 38.9 Å². The van der Waals surface area contributed by atoms with Crippen molar-refractivity contribution in [2.24, 2.45) is 0 Å². The van der Waals surface area contributed by atoms with Gasteiger partial charge in [0.15, 0.2) is 0 Å². The highest BCUT2D eigenvalue weighted by Crippen LogP contribution is 2.39. The van der Waals surface area contributed by atoms with E-state index in [2.05, 4.69) is 40.3 Å². The molecule has 0 bridgehead atoms. The second kappa shape index (κ2) is 5.05. The molecular weight excluding hydrogens is 320 g/mol. The Morgan fingerprint density at radius 2 is 1.71 bits per heavy atom. The Hall–Kier alpha value is -2.91. The largest absolute Gasteiger partial charge is 0.436 e. The van der Waals surface area contributed by atoms with E-state index in [1.807, 2.05) is 30.3 Å². The van der Waals surface area contributed by atoms with E-state index in [9.17, 15) is 0 Å². The minimum Gasteiger partial charge on any atom is -0.436 e. The summed E-state index contributed by atoms with van der Waals surface area (Å²) in [4.78, 5) is 8.76. The van der Waals surface area contributed by atoms with Gasteiger partial charge in [-0.15, -0.1) is 0 Å². The van der Waals surface area contributed by atoms with Crippen LogP contribution in [0.4, 0.5) is 0 Å². The predicted octanol–water partition coefficient (Wildman–Crippen LogP) is 5.85. The molecule has 2 aromatic heterocycles. The van der Waals surface area contributed by atoms with E-state index in [0.29, 0.717) is 16.4 Å². The highest BCUT2D eigenvalue weighted by atomic mass is 35.5. The molecule has 5 aromatic rings. The molecule has 0 atom stereocenters. The lowest BCUT2D eigenvalue weighted by Gasteiger charge is -2.06. The zero-order valence-electron chi connectivity index (χ0n) is 12.5. The van der Waals surface area contributed by atoms with Crippen LogP contribution in [-0.2, 0) is 0 Å². The van der Waals surface area contributed by atoms with Crippen LogP contribution in [-0.4, -0.2) is 9.97 Å². The van der Waals surface area contributed by atoms with Gasteiger partial charge < -0.3 is 4.42 Å². The van der Waals surface area contributed by atoms with Gasteiger partial charge in [0.2, 0.25) is 5.71 Å². The zero-order valence-corrected chi connectivity index (χ0v) is 13.3. The third kappa shape index (κ3) is 1.92. The minimum atomic E-state index is 0.361. The lowest BCUT2D eigenvalue weighted by atomic mass is 9.97. The highest BCUT2D eigenvalue weighted by molar-refractivity contribution is 6.30. The molecule has 5 rings (SSSR count). The third-order valence-corrected chi connectivity index (χ3v) is 4.41. The molecule has 0 N–H and O–H groups in total. The van der Waals surface area contributed by atoms with Gasteiger partial charge in [0.25, 0.3) is 0 Å². The van der Waals surface area contributed by atoms with Crippen LogP contribution in [0.1, 0.15) is 0 Å². The number of furan rings is 1. The quantitative estimate of drug-likeness (QED) is 0.387. The van der Waals surface area contributed by atoms with Gasteiger partial charge in [-0.2, -0.15) is 0 Å². The van der Waals surface area contributed by atoms with Crippen molar-refractivity contribution in [1.82, 2.24) is 9.97 Å². The molecule has 0 saturated carbocycles. The van der Waals surface area contributed by atoms with Crippen molar-refractivity contribution in [3.8, 4) is 11.1 Å². The monoisotopic (exact) mass is 330 g/mol. The number of halogens is 1. The van der Waals surface area contributed by atoms with E-state index >= 15 is 0 Å². The first-order valence-corrected chi connectivity index (χ1v) is 8.01. The number of nitrogens with zero attached hydrogens (tertiary/aromatic N) is 2. The van der Waals surface area contributed by atoms with Crippen molar-refractivity contribution in [1.29, 1.82) is 0 Å². The van der Waals surface area contributed by atoms with Crippen molar-refractivity contribution in [3.63, 3.8) is 0 Å². The lowest BCUT2D eigenvalue weighted by molar-refractivity contribution is 0.654. The van der Waals surface area contributed by atoms with Gasteiger partial charge in [0, 0.05) is 5.56 Å². The van der Waals surface area contributed by atoms with Crippen LogP contribution in [0.25, 0.3) is 44.1 Å². The highest BCUT2D eigenvalue weighted by Gasteiger charge is 2.17. The molecule has 2 heterocycles. The fraction of sp³-hybridized carbons (Fsp3) is 0. The second-order valence-electron chi connectivity index (χ2n) is 5.66. The van der Waals surface area contributed by atoms with E-state index in [-0.39, 0.29) is 0 Å². The van der Waals surface area contributed by atoms with E-state index < -0.39 is 0 Å².